The van der Waals surface area contributed by atoms with E-state index in [2.05, 4.69) is 11.1 Å². The van der Waals surface area contributed by atoms with Gasteiger partial charge in [0.2, 0.25) is 0 Å². The Balaban J connectivity index is 2.19. The first-order valence-electron chi connectivity index (χ1n) is 6.67. The average Bonchev–Trinajstić information content (AvgIpc) is 2.39. The van der Waals surface area contributed by atoms with E-state index in [-0.39, 0.29) is 11.7 Å². The minimum atomic E-state index is -0.0480. The van der Waals surface area contributed by atoms with Gasteiger partial charge in [-0.2, -0.15) is 0 Å². The molecule has 1 heterocycles. The third kappa shape index (κ3) is 3.18. The molecule has 1 aromatic heterocycles. The van der Waals surface area contributed by atoms with E-state index in [9.17, 15) is 4.79 Å². The Hall–Kier alpha value is -1.74. The summed E-state index contributed by atoms with van der Waals surface area (Å²) in [6, 6.07) is 8.03. The molecule has 0 fully saturated rings. The van der Waals surface area contributed by atoms with Crippen molar-refractivity contribution in [1.82, 2.24) is 4.98 Å². The zero-order valence-electron chi connectivity index (χ0n) is 11.5. The molecule has 0 saturated heterocycles. The van der Waals surface area contributed by atoms with Gasteiger partial charge in [-0.25, -0.2) is 0 Å². The molecule has 0 aliphatic heterocycles. The van der Waals surface area contributed by atoms with Crippen molar-refractivity contribution in [3.05, 3.63) is 42.2 Å². The van der Waals surface area contributed by atoms with Crippen LogP contribution in [0.2, 0.25) is 0 Å². The fourth-order valence-electron chi connectivity index (χ4n) is 2.35. The second-order valence-corrected chi connectivity index (χ2v) is 5.29. The summed E-state index contributed by atoms with van der Waals surface area (Å²) in [5.41, 5.74) is 6.73. The third-order valence-electron chi connectivity index (χ3n) is 3.56. The molecule has 2 rings (SSSR count). The van der Waals surface area contributed by atoms with E-state index in [1.165, 1.54) is 0 Å². The van der Waals surface area contributed by atoms with Gasteiger partial charge in [0.05, 0.1) is 0 Å². The highest BCUT2D eigenvalue weighted by Gasteiger charge is 2.20. The van der Waals surface area contributed by atoms with Crippen LogP contribution in [0.1, 0.15) is 19.4 Å². The number of nitrogens with two attached hydrogens (primary N) is 1. The number of nitrogens with zero attached hydrogens (tertiary/aromatic N) is 1. The smallest absolute Gasteiger partial charge is 0.141 e. The van der Waals surface area contributed by atoms with Gasteiger partial charge in [0.15, 0.2) is 0 Å². The second-order valence-electron chi connectivity index (χ2n) is 5.29. The summed E-state index contributed by atoms with van der Waals surface area (Å²) in [5.74, 6) is 0.473. The molecular formula is C16H20N2O. The molecular weight excluding hydrogens is 236 g/mol. The van der Waals surface area contributed by atoms with Crippen molar-refractivity contribution in [1.29, 1.82) is 0 Å². The number of ketones is 1. The fourth-order valence-corrected chi connectivity index (χ4v) is 2.35. The van der Waals surface area contributed by atoms with E-state index >= 15 is 0 Å². The standard InChI is InChI=1S/C16H20N2O/c1-11(2)15(9-17)16(19)8-12-3-4-14-10-18-6-5-13(14)7-12/h3-7,10-11,15H,8-9,17H2,1-2H3/t15-/m1/s1. The van der Waals surface area contributed by atoms with Crippen molar-refractivity contribution in [2.45, 2.75) is 20.3 Å². The summed E-state index contributed by atoms with van der Waals surface area (Å²) >= 11 is 0. The number of Topliss-reactive ketones (excluding diaryl/α,β-unsaturated/α-hetero) is 1. The minimum Gasteiger partial charge on any atom is -0.330 e. The maximum atomic E-state index is 12.2. The van der Waals surface area contributed by atoms with Crippen LogP contribution in [0.15, 0.2) is 36.7 Å². The van der Waals surface area contributed by atoms with Crippen molar-refractivity contribution in [3.63, 3.8) is 0 Å². The number of rotatable bonds is 5. The molecule has 100 valence electrons. The van der Waals surface area contributed by atoms with Gasteiger partial charge >= 0.3 is 0 Å². The molecule has 0 aliphatic rings. The molecule has 19 heavy (non-hydrogen) atoms. The van der Waals surface area contributed by atoms with Crippen LogP contribution in [0.3, 0.4) is 0 Å². The number of carbonyl (C=O) groups is 1. The zero-order valence-corrected chi connectivity index (χ0v) is 11.5. The number of pyridine rings is 1. The number of benzene rings is 1. The molecule has 1 aromatic carbocycles. The van der Waals surface area contributed by atoms with Crippen LogP contribution >= 0.6 is 0 Å². The maximum Gasteiger partial charge on any atom is 0.141 e. The minimum absolute atomic E-state index is 0.0480. The van der Waals surface area contributed by atoms with Gasteiger partial charge < -0.3 is 5.73 Å². The molecule has 2 aromatic rings. The highest BCUT2D eigenvalue weighted by Crippen LogP contribution is 2.18. The summed E-state index contributed by atoms with van der Waals surface area (Å²) < 4.78 is 0. The van der Waals surface area contributed by atoms with E-state index in [0.29, 0.717) is 18.9 Å². The lowest BCUT2D eigenvalue weighted by Gasteiger charge is -2.17. The summed E-state index contributed by atoms with van der Waals surface area (Å²) in [4.78, 5) is 16.3. The Morgan fingerprint density at radius 3 is 2.74 bits per heavy atom. The molecule has 0 bridgehead atoms. The van der Waals surface area contributed by atoms with Crippen LogP contribution < -0.4 is 5.73 Å². The molecule has 3 nitrogen and oxygen atoms in total. The van der Waals surface area contributed by atoms with Gasteiger partial charge in [0, 0.05) is 36.7 Å². The first kappa shape index (κ1) is 13.7. The van der Waals surface area contributed by atoms with Gasteiger partial charge in [-0.3, -0.25) is 9.78 Å². The number of fused-ring (bicyclic) bond motifs is 1. The molecule has 3 heteroatoms. The predicted molar refractivity (Wildman–Crippen MR) is 77.8 cm³/mol. The number of hydrogen-bond donors (Lipinski definition) is 1. The summed E-state index contributed by atoms with van der Waals surface area (Å²) in [6.07, 6.45) is 4.06. The molecule has 0 unspecified atom stereocenters. The van der Waals surface area contributed by atoms with Crippen LogP contribution in [-0.2, 0) is 11.2 Å². The largest absolute Gasteiger partial charge is 0.330 e. The highest BCUT2D eigenvalue weighted by atomic mass is 16.1. The van der Waals surface area contributed by atoms with Gasteiger partial charge in [-0.05, 0) is 22.9 Å². The number of hydrogen-bond acceptors (Lipinski definition) is 3. The number of aromatic nitrogens is 1. The zero-order chi connectivity index (χ0) is 13.8. The van der Waals surface area contributed by atoms with Crippen molar-refractivity contribution in [2.24, 2.45) is 17.6 Å². The van der Waals surface area contributed by atoms with Gasteiger partial charge in [0.25, 0.3) is 0 Å². The normalized spacial score (nSPS) is 12.8. The van der Waals surface area contributed by atoms with E-state index in [0.717, 1.165) is 16.3 Å². The predicted octanol–water partition coefficient (Wildman–Crippen LogP) is 2.58. The molecule has 0 spiro atoms. The van der Waals surface area contributed by atoms with Crippen molar-refractivity contribution < 1.29 is 4.79 Å². The molecule has 0 saturated carbocycles. The van der Waals surface area contributed by atoms with E-state index in [1.807, 2.05) is 38.2 Å². The van der Waals surface area contributed by atoms with Crippen LogP contribution in [0.5, 0.6) is 0 Å². The Bertz CT molecular complexity index is 578. The van der Waals surface area contributed by atoms with Crippen LogP contribution in [0, 0.1) is 11.8 Å². The lowest BCUT2D eigenvalue weighted by atomic mass is 9.88. The maximum absolute atomic E-state index is 12.2. The Morgan fingerprint density at radius 2 is 2.05 bits per heavy atom. The van der Waals surface area contributed by atoms with Crippen LogP contribution in [0.25, 0.3) is 10.8 Å². The van der Waals surface area contributed by atoms with Gasteiger partial charge in [0.1, 0.15) is 5.78 Å². The lowest BCUT2D eigenvalue weighted by Crippen LogP contribution is -2.29. The quantitative estimate of drug-likeness (QED) is 0.894. The Kier molecular flexibility index (Phi) is 4.27. The Labute approximate surface area is 113 Å². The molecule has 2 N–H and O–H groups in total. The van der Waals surface area contributed by atoms with Crippen LogP contribution in [0.4, 0.5) is 0 Å². The van der Waals surface area contributed by atoms with E-state index in [1.54, 1.807) is 6.20 Å². The molecule has 0 amide bonds. The van der Waals surface area contributed by atoms with E-state index in [4.69, 9.17) is 5.73 Å². The molecule has 0 radical (unpaired) electrons. The topological polar surface area (TPSA) is 56.0 Å². The first-order valence-corrected chi connectivity index (χ1v) is 6.67. The van der Waals surface area contributed by atoms with Crippen molar-refractivity contribution in [3.8, 4) is 0 Å². The van der Waals surface area contributed by atoms with Gasteiger partial charge in [-0.15, -0.1) is 0 Å². The summed E-state index contributed by atoms with van der Waals surface area (Å²) in [6.45, 7) is 4.51. The third-order valence-corrected chi connectivity index (χ3v) is 3.56. The first-order chi connectivity index (χ1) is 9.11. The van der Waals surface area contributed by atoms with Crippen molar-refractivity contribution >= 4 is 16.6 Å². The molecule has 0 aliphatic carbocycles. The van der Waals surface area contributed by atoms with Crippen LogP contribution in [-0.4, -0.2) is 17.3 Å². The lowest BCUT2D eigenvalue weighted by molar-refractivity contribution is -0.123. The summed E-state index contributed by atoms with van der Waals surface area (Å²) in [7, 11) is 0. The molecule has 1 atom stereocenters. The highest BCUT2D eigenvalue weighted by molar-refractivity contribution is 5.86. The fraction of sp³-hybridized carbons (Fsp3) is 0.375. The number of carbonyl (C=O) groups excluding carboxylic acids is 1. The second kappa shape index (κ2) is 5.93. The average molecular weight is 256 g/mol. The Morgan fingerprint density at radius 1 is 1.26 bits per heavy atom. The van der Waals surface area contributed by atoms with Gasteiger partial charge in [-0.1, -0.05) is 32.0 Å². The monoisotopic (exact) mass is 256 g/mol. The SMILES string of the molecule is CC(C)[C@@H](CN)C(=O)Cc1ccc2cnccc2c1. The van der Waals surface area contributed by atoms with Crippen molar-refractivity contribution in [2.75, 3.05) is 6.54 Å². The summed E-state index contributed by atoms with van der Waals surface area (Å²) in [5, 5.41) is 2.21. The van der Waals surface area contributed by atoms with E-state index < -0.39 is 0 Å².